The van der Waals surface area contributed by atoms with E-state index in [-0.39, 0.29) is 5.91 Å². The Morgan fingerprint density at radius 1 is 1.00 bits per heavy atom. The highest BCUT2D eigenvalue weighted by molar-refractivity contribution is 9.10. The summed E-state index contributed by atoms with van der Waals surface area (Å²) < 4.78 is 6.18. The number of fused-ring (bicyclic) bond motifs is 1. The second kappa shape index (κ2) is 8.45. The first-order chi connectivity index (χ1) is 14.1. The van der Waals surface area contributed by atoms with Crippen LogP contribution in [0, 0.1) is 0 Å². The van der Waals surface area contributed by atoms with E-state index < -0.39 is 0 Å². The van der Waals surface area contributed by atoms with Crippen molar-refractivity contribution in [2.24, 2.45) is 0 Å². The lowest BCUT2D eigenvalue weighted by atomic mass is 10.0. The van der Waals surface area contributed by atoms with E-state index in [9.17, 15) is 4.79 Å². The third kappa shape index (κ3) is 4.30. The van der Waals surface area contributed by atoms with Crippen molar-refractivity contribution in [3.05, 3.63) is 94.5 Å². The summed E-state index contributed by atoms with van der Waals surface area (Å²) >= 11 is 3.45. The maximum absolute atomic E-state index is 13.0. The number of nitrogens with one attached hydrogen (secondary N) is 1. The number of para-hydroxylation sites is 1. The van der Waals surface area contributed by atoms with E-state index in [0.29, 0.717) is 12.1 Å². The van der Waals surface area contributed by atoms with Crippen molar-refractivity contribution in [2.75, 3.05) is 7.11 Å². The van der Waals surface area contributed by atoms with Crippen LogP contribution >= 0.6 is 15.9 Å². The van der Waals surface area contributed by atoms with E-state index in [4.69, 9.17) is 9.72 Å². The first-order valence-corrected chi connectivity index (χ1v) is 10.0. The second-order valence-corrected chi connectivity index (χ2v) is 7.53. The highest BCUT2D eigenvalue weighted by atomic mass is 79.9. The molecule has 0 aliphatic carbocycles. The van der Waals surface area contributed by atoms with Gasteiger partial charge in [0.05, 0.1) is 23.9 Å². The van der Waals surface area contributed by atoms with Crippen LogP contribution in [-0.2, 0) is 6.54 Å². The second-order valence-electron chi connectivity index (χ2n) is 6.61. The molecule has 0 saturated heterocycles. The number of rotatable bonds is 5. The molecule has 0 aliphatic rings. The van der Waals surface area contributed by atoms with Crippen molar-refractivity contribution in [1.29, 1.82) is 0 Å². The highest BCUT2D eigenvalue weighted by Gasteiger charge is 2.14. The fourth-order valence-corrected chi connectivity index (χ4v) is 3.42. The zero-order valence-corrected chi connectivity index (χ0v) is 17.4. The molecule has 0 bridgehead atoms. The van der Waals surface area contributed by atoms with E-state index in [2.05, 4.69) is 21.2 Å². The molecule has 29 heavy (non-hydrogen) atoms. The van der Waals surface area contributed by atoms with Gasteiger partial charge >= 0.3 is 0 Å². The summed E-state index contributed by atoms with van der Waals surface area (Å²) in [5.74, 6) is 0.664. The summed E-state index contributed by atoms with van der Waals surface area (Å²) in [7, 11) is 1.63. The number of nitrogens with zero attached hydrogens (tertiary/aromatic N) is 1. The average molecular weight is 447 g/mol. The Bertz CT molecular complexity index is 1160. The van der Waals surface area contributed by atoms with Crippen LogP contribution < -0.4 is 10.1 Å². The van der Waals surface area contributed by atoms with Crippen LogP contribution in [0.25, 0.3) is 22.2 Å². The molecular weight excluding hydrogens is 428 g/mol. The number of aromatic nitrogens is 1. The van der Waals surface area contributed by atoms with Crippen LogP contribution in [-0.4, -0.2) is 18.0 Å². The molecule has 1 amide bonds. The number of hydrogen-bond donors (Lipinski definition) is 1. The van der Waals surface area contributed by atoms with E-state index in [1.54, 1.807) is 7.11 Å². The largest absolute Gasteiger partial charge is 0.497 e. The van der Waals surface area contributed by atoms with Crippen molar-refractivity contribution in [3.63, 3.8) is 0 Å². The lowest BCUT2D eigenvalue weighted by Gasteiger charge is -2.11. The molecule has 0 fully saturated rings. The van der Waals surface area contributed by atoms with Gasteiger partial charge < -0.3 is 10.1 Å². The quantitative estimate of drug-likeness (QED) is 0.433. The number of hydrogen-bond acceptors (Lipinski definition) is 3. The molecule has 4 rings (SSSR count). The van der Waals surface area contributed by atoms with E-state index in [0.717, 1.165) is 37.9 Å². The first-order valence-electron chi connectivity index (χ1n) is 9.21. The molecule has 0 radical (unpaired) electrons. The molecule has 5 heteroatoms. The van der Waals surface area contributed by atoms with Crippen molar-refractivity contribution < 1.29 is 9.53 Å². The van der Waals surface area contributed by atoms with Crippen LogP contribution in [0.2, 0.25) is 0 Å². The van der Waals surface area contributed by atoms with Crippen LogP contribution in [0.4, 0.5) is 0 Å². The van der Waals surface area contributed by atoms with Crippen molar-refractivity contribution in [3.8, 4) is 17.0 Å². The zero-order chi connectivity index (χ0) is 20.2. The summed E-state index contributed by atoms with van der Waals surface area (Å²) in [6, 6.07) is 25.1. The Hall–Kier alpha value is -3.18. The molecule has 1 aromatic heterocycles. The molecule has 144 valence electrons. The Morgan fingerprint density at radius 3 is 2.45 bits per heavy atom. The summed E-state index contributed by atoms with van der Waals surface area (Å²) in [4.78, 5) is 17.8. The number of carbonyl (C=O) groups excluding carboxylic acids is 1. The molecule has 1 heterocycles. The van der Waals surface area contributed by atoms with Crippen LogP contribution in [0.15, 0.2) is 83.3 Å². The van der Waals surface area contributed by atoms with Crippen LogP contribution in [0.1, 0.15) is 15.9 Å². The maximum Gasteiger partial charge on any atom is 0.252 e. The van der Waals surface area contributed by atoms with E-state index in [1.807, 2.05) is 78.9 Å². The monoisotopic (exact) mass is 446 g/mol. The fraction of sp³-hybridized carbons (Fsp3) is 0.0833. The number of carbonyl (C=O) groups is 1. The Labute approximate surface area is 177 Å². The minimum atomic E-state index is -0.127. The Balaban J connectivity index is 1.65. The Morgan fingerprint density at radius 2 is 1.72 bits per heavy atom. The molecule has 3 aromatic carbocycles. The normalized spacial score (nSPS) is 10.7. The number of methoxy groups -OCH3 is 1. The van der Waals surface area contributed by atoms with Gasteiger partial charge in [0.1, 0.15) is 5.75 Å². The van der Waals surface area contributed by atoms with E-state index in [1.165, 1.54) is 0 Å². The average Bonchev–Trinajstić information content (AvgIpc) is 2.77. The van der Waals surface area contributed by atoms with Gasteiger partial charge in [0.25, 0.3) is 5.91 Å². The predicted molar refractivity (Wildman–Crippen MR) is 119 cm³/mol. The van der Waals surface area contributed by atoms with Gasteiger partial charge in [-0.25, -0.2) is 4.98 Å². The van der Waals surface area contributed by atoms with Gasteiger partial charge in [-0.3, -0.25) is 4.79 Å². The van der Waals surface area contributed by atoms with Gasteiger partial charge in [-0.05, 0) is 42.0 Å². The van der Waals surface area contributed by atoms with Gasteiger partial charge in [0.15, 0.2) is 0 Å². The summed E-state index contributed by atoms with van der Waals surface area (Å²) in [6.07, 6.45) is 0. The lowest BCUT2D eigenvalue weighted by molar-refractivity contribution is 0.0952. The molecular formula is C24H19BrN2O2. The van der Waals surface area contributed by atoms with Crippen molar-refractivity contribution in [2.45, 2.75) is 6.54 Å². The minimum Gasteiger partial charge on any atom is -0.497 e. The molecule has 0 spiro atoms. The highest BCUT2D eigenvalue weighted by Crippen LogP contribution is 2.26. The predicted octanol–water partition coefficient (Wildman–Crippen LogP) is 5.60. The topological polar surface area (TPSA) is 51.2 Å². The summed E-state index contributed by atoms with van der Waals surface area (Å²) in [5, 5.41) is 3.85. The molecule has 0 unspecified atom stereocenters. The fourth-order valence-electron chi connectivity index (χ4n) is 3.15. The third-order valence-electron chi connectivity index (χ3n) is 4.71. The number of amides is 1. The number of ether oxygens (including phenoxy) is 1. The van der Waals surface area contributed by atoms with Gasteiger partial charge in [0, 0.05) is 22.0 Å². The maximum atomic E-state index is 13.0. The van der Waals surface area contributed by atoms with Crippen molar-refractivity contribution in [1.82, 2.24) is 10.3 Å². The van der Waals surface area contributed by atoms with Gasteiger partial charge in [0.2, 0.25) is 0 Å². The molecule has 1 N–H and O–H groups in total. The summed E-state index contributed by atoms with van der Waals surface area (Å²) in [5.41, 5.74) is 4.14. The third-order valence-corrected chi connectivity index (χ3v) is 5.24. The summed E-state index contributed by atoms with van der Waals surface area (Å²) in [6.45, 7) is 0.438. The van der Waals surface area contributed by atoms with Gasteiger partial charge in [-0.1, -0.05) is 58.4 Å². The number of benzene rings is 3. The van der Waals surface area contributed by atoms with Gasteiger partial charge in [-0.15, -0.1) is 0 Å². The molecule has 0 atom stereocenters. The number of pyridine rings is 1. The SMILES string of the molecule is COc1ccc(CNC(=O)c2cc(-c3ccc(Br)cc3)nc3ccccc23)cc1. The zero-order valence-electron chi connectivity index (χ0n) is 15.9. The Kier molecular flexibility index (Phi) is 5.58. The molecule has 4 aromatic rings. The molecule has 0 aliphatic heterocycles. The first kappa shape index (κ1) is 19.2. The van der Waals surface area contributed by atoms with Crippen molar-refractivity contribution >= 4 is 32.7 Å². The van der Waals surface area contributed by atoms with Gasteiger partial charge in [-0.2, -0.15) is 0 Å². The van der Waals surface area contributed by atoms with E-state index >= 15 is 0 Å². The lowest BCUT2D eigenvalue weighted by Crippen LogP contribution is -2.23. The minimum absolute atomic E-state index is 0.127. The van der Waals surface area contributed by atoms with Crippen LogP contribution in [0.5, 0.6) is 5.75 Å². The standard InChI is InChI=1S/C24H19BrN2O2/c1-29-19-12-6-16(7-13-19)15-26-24(28)21-14-23(17-8-10-18(25)11-9-17)27-22-5-3-2-4-20(21)22/h2-14H,15H2,1H3,(H,26,28). The van der Waals surface area contributed by atoms with Crippen LogP contribution in [0.3, 0.4) is 0 Å². The smallest absolute Gasteiger partial charge is 0.252 e. The molecule has 4 nitrogen and oxygen atoms in total. The number of halogens is 1. The molecule has 0 saturated carbocycles.